The number of para-hydroxylation sites is 2. The molecule has 2 aromatic heterocycles. The first-order valence-corrected chi connectivity index (χ1v) is 6.08. The van der Waals surface area contributed by atoms with E-state index in [0.717, 1.165) is 16.9 Å². The van der Waals surface area contributed by atoms with Gasteiger partial charge in [0.05, 0.1) is 17.2 Å². The maximum atomic E-state index is 4.12. The van der Waals surface area contributed by atoms with Crippen LogP contribution in [0.4, 0.5) is 0 Å². The predicted molar refractivity (Wildman–Crippen MR) is 74.2 cm³/mol. The summed E-state index contributed by atoms with van der Waals surface area (Å²) in [4.78, 5) is 0. The van der Waals surface area contributed by atoms with E-state index in [2.05, 4.69) is 56.4 Å². The lowest BCUT2D eigenvalue weighted by atomic mass is 10.2. The summed E-state index contributed by atoms with van der Waals surface area (Å²) >= 11 is 0. The van der Waals surface area contributed by atoms with Crippen molar-refractivity contribution in [3.63, 3.8) is 0 Å². The standard InChI is InChI=1S/C15H10N4/c1-3-7-13-11(5-1)12-6-2-4-8-14(12)19(13)15-9-10-16-18-17-15/h1-10H. The molecule has 0 aliphatic heterocycles. The molecule has 0 atom stereocenters. The van der Waals surface area contributed by atoms with Gasteiger partial charge in [-0.25, -0.2) is 0 Å². The normalized spacial score (nSPS) is 11.2. The molecular formula is C15H10N4. The average molecular weight is 246 g/mol. The second kappa shape index (κ2) is 3.88. The van der Waals surface area contributed by atoms with Crippen LogP contribution in [0, 0.1) is 0 Å². The first kappa shape index (κ1) is 10.2. The molecule has 2 aromatic carbocycles. The molecule has 0 bridgehead atoms. The summed E-state index contributed by atoms with van der Waals surface area (Å²) in [5.74, 6) is 0.785. The number of nitrogens with zero attached hydrogens (tertiary/aromatic N) is 4. The van der Waals surface area contributed by atoms with Gasteiger partial charge in [0.25, 0.3) is 0 Å². The molecule has 2 heterocycles. The smallest absolute Gasteiger partial charge is 0.163 e. The third-order valence-corrected chi connectivity index (χ3v) is 3.30. The van der Waals surface area contributed by atoms with Crippen LogP contribution < -0.4 is 0 Å². The highest BCUT2D eigenvalue weighted by molar-refractivity contribution is 6.08. The first-order chi connectivity index (χ1) is 9.45. The topological polar surface area (TPSA) is 43.6 Å². The summed E-state index contributed by atoms with van der Waals surface area (Å²) < 4.78 is 2.11. The number of aromatic nitrogens is 4. The Labute approximate surface area is 109 Å². The molecule has 4 heteroatoms. The SMILES string of the molecule is c1ccc2c(c1)c1ccccc1n2-c1ccnnn1. The van der Waals surface area contributed by atoms with Crippen LogP contribution in [-0.2, 0) is 0 Å². The first-order valence-electron chi connectivity index (χ1n) is 6.08. The van der Waals surface area contributed by atoms with E-state index in [9.17, 15) is 0 Å². The van der Waals surface area contributed by atoms with Crippen LogP contribution in [0.15, 0.2) is 60.8 Å². The Kier molecular flexibility index (Phi) is 2.08. The molecule has 0 fully saturated rings. The van der Waals surface area contributed by atoms with E-state index in [1.807, 2.05) is 18.2 Å². The van der Waals surface area contributed by atoms with Crippen LogP contribution in [0.2, 0.25) is 0 Å². The zero-order valence-corrected chi connectivity index (χ0v) is 10.1. The van der Waals surface area contributed by atoms with Crippen molar-refractivity contribution in [1.82, 2.24) is 20.0 Å². The van der Waals surface area contributed by atoms with E-state index in [0.29, 0.717) is 0 Å². The molecule has 4 rings (SSSR count). The van der Waals surface area contributed by atoms with Crippen molar-refractivity contribution in [2.45, 2.75) is 0 Å². The molecule has 19 heavy (non-hydrogen) atoms. The molecule has 0 N–H and O–H groups in total. The lowest BCUT2D eigenvalue weighted by Crippen LogP contribution is -1.99. The third kappa shape index (κ3) is 1.43. The second-order valence-electron chi connectivity index (χ2n) is 4.35. The predicted octanol–water partition coefficient (Wildman–Crippen LogP) is 2.97. The van der Waals surface area contributed by atoms with Crippen molar-refractivity contribution in [1.29, 1.82) is 0 Å². The van der Waals surface area contributed by atoms with Crippen molar-refractivity contribution in [2.24, 2.45) is 0 Å². The largest absolute Gasteiger partial charge is 0.292 e. The van der Waals surface area contributed by atoms with Crippen LogP contribution in [-0.4, -0.2) is 20.0 Å². The average Bonchev–Trinajstić information content (AvgIpc) is 2.83. The second-order valence-corrected chi connectivity index (χ2v) is 4.35. The van der Waals surface area contributed by atoms with Gasteiger partial charge >= 0.3 is 0 Å². The van der Waals surface area contributed by atoms with Crippen LogP contribution >= 0.6 is 0 Å². The monoisotopic (exact) mass is 246 g/mol. The van der Waals surface area contributed by atoms with Gasteiger partial charge in [0.15, 0.2) is 5.82 Å². The zero-order chi connectivity index (χ0) is 12.7. The van der Waals surface area contributed by atoms with Crippen molar-refractivity contribution >= 4 is 21.8 Å². The molecule has 0 amide bonds. The van der Waals surface area contributed by atoms with Gasteiger partial charge in [0.1, 0.15) is 0 Å². The highest BCUT2D eigenvalue weighted by Gasteiger charge is 2.11. The Morgan fingerprint density at radius 2 is 1.37 bits per heavy atom. The van der Waals surface area contributed by atoms with Crippen molar-refractivity contribution in [3.05, 3.63) is 60.8 Å². The molecule has 0 saturated heterocycles. The van der Waals surface area contributed by atoms with E-state index in [1.54, 1.807) is 6.20 Å². The van der Waals surface area contributed by atoms with Gasteiger partial charge in [-0.2, -0.15) is 0 Å². The fourth-order valence-corrected chi connectivity index (χ4v) is 2.52. The maximum Gasteiger partial charge on any atom is 0.163 e. The molecule has 0 radical (unpaired) electrons. The van der Waals surface area contributed by atoms with Gasteiger partial charge < -0.3 is 0 Å². The third-order valence-electron chi connectivity index (χ3n) is 3.30. The van der Waals surface area contributed by atoms with E-state index >= 15 is 0 Å². The molecule has 0 aliphatic rings. The minimum atomic E-state index is 0.785. The summed E-state index contributed by atoms with van der Waals surface area (Å²) in [7, 11) is 0. The minimum absolute atomic E-state index is 0.785. The van der Waals surface area contributed by atoms with E-state index < -0.39 is 0 Å². The Hall–Kier alpha value is -2.75. The van der Waals surface area contributed by atoms with Gasteiger partial charge in [-0.05, 0) is 17.3 Å². The van der Waals surface area contributed by atoms with Crippen LogP contribution in [0.5, 0.6) is 0 Å². The fraction of sp³-hybridized carbons (Fsp3) is 0. The molecule has 0 saturated carbocycles. The number of fused-ring (bicyclic) bond motifs is 3. The van der Waals surface area contributed by atoms with Crippen molar-refractivity contribution in [3.8, 4) is 5.82 Å². The highest BCUT2D eigenvalue weighted by Crippen LogP contribution is 2.30. The molecule has 0 spiro atoms. The van der Waals surface area contributed by atoms with Crippen molar-refractivity contribution in [2.75, 3.05) is 0 Å². The van der Waals surface area contributed by atoms with Crippen LogP contribution in [0.25, 0.3) is 27.6 Å². The Bertz CT molecular complexity index is 812. The number of rotatable bonds is 1. The lowest BCUT2D eigenvalue weighted by molar-refractivity contribution is 0.834. The van der Waals surface area contributed by atoms with Crippen molar-refractivity contribution < 1.29 is 0 Å². The minimum Gasteiger partial charge on any atom is -0.292 e. The molecule has 0 unspecified atom stereocenters. The van der Waals surface area contributed by atoms with E-state index in [4.69, 9.17) is 0 Å². The van der Waals surface area contributed by atoms with Crippen LogP contribution in [0.3, 0.4) is 0 Å². The molecule has 4 nitrogen and oxygen atoms in total. The van der Waals surface area contributed by atoms with Gasteiger partial charge in [0, 0.05) is 16.8 Å². The molecular weight excluding hydrogens is 236 g/mol. The quantitative estimate of drug-likeness (QED) is 0.518. The number of benzene rings is 2. The van der Waals surface area contributed by atoms with Gasteiger partial charge in [-0.15, -0.1) is 10.2 Å². The fourth-order valence-electron chi connectivity index (χ4n) is 2.52. The van der Waals surface area contributed by atoms with Crippen LogP contribution in [0.1, 0.15) is 0 Å². The Balaban J connectivity index is 2.24. The number of hydrogen-bond acceptors (Lipinski definition) is 3. The van der Waals surface area contributed by atoms with Gasteiger partial charge in [-0.3, -0.25) is 4.57 Å². The maximum absolute atomic E-state index is 4.12. The Morgan fingerprint density at radius 1 is 0.737 bits per heavy atom. The molecule has 90 valence electrons. The Morgan fingerprint density at radius 3 is 1.95 bits per heavy atom. The highest BCUT2D eigenvalue weighted by atomic mass is 15.3. The summed E-state index contributed by atoms with van der Waals surface area (Å²) in [6.07, 6.45) is 1.66. The van der Waals surface area contributed by atoms with Gasteiger partial charge in [0.2, 0.25) is 0 Å². The molecule has 4 aromatic rings. The van der Waals surface area contributed by atoms with E-state index in [-0.39, 0.29) is 0 Å². The molecule has 0 aliphatic carbocycles. The van der Waals surface area contributed by atoms with E-state index in [1.165, 1.54) is 10.8 Å². The van der Waals surface area contributed by atoms with Gasteiger partial charge in [-0.1, -0.05) is 36.4 Å². The summed E-state index contributed by atoms with van der Waals surface area (Å²) in [5, 5.41) is 14.0. The summed E-state index contributed by atoms with van der Waals surface area (Å²) in [6.45, 7) is 0. The zero-order valence-electron chi connectivity index (χ0n) is 10.1. The number of hydrogen-bond donors (Lipinski definition) is 0. The summed E-state index contributed by atoms with van der Waals surface area (Å²) in [5.41, 5.74) is 2.26. The summed E-state index contributed by atoms with van der Waals surface area (Å²) in [6, 6.07) is 18.5. The lowest BCUT2D eigenvalue weighted by Gasteiger charge is -2.04.